The summed E-state index contributed by atoms with van der Waals surface area (Å²) in [5.41, 5.74) is 2.86. The van der Waals surface area contributed by atoms with E-state index in [4.69, 9.17) is 4.52 Å². The summed E-state index contributed by atoms with van der Waals surface area (Å²) in [5.74, 6) is 0.702. The molecule has 1 fully saturated rings. The molecule has 3 aromatic rings. The van der Waals surface area contributed by atoms with E-state index >= 15 is 0 Å². The predicted octanol–water partition coefficient (Wildman–Crippen LogP) is 2.62. The number of amides is 1. The van der Waals surface area contributed by atoms with E-state index in [2.05, 4.69) is 24.7 Å². The van der Waals surface area contributed by atoms with Crippen LogP contribution in [0.3, 0.4) is 0 Å². The van der Waals surface area contributed by atoms with Crippen LogP contribution in [-0.2, 0) is 0 Å². The van der Waals surface area contributed by atoms with E-state index in [1.54, 1.807) is 6.20 Å². The molecule has 1 aliphatic rings. The second-order valence-corrected chi connectivity index (χ2v) is 7.21. The molecule has 1 amide bonds. The Kier molecular flexibility index (Phi) is 4.46. The molecule has 3 aromatic heterocycles. The van der Waals surface area contributed by atoms with E-state index in [1.165, 1.54) is 17.7 Å². The average molecular weight is 370 g/mol. The molecule has 1 atom stereocenters. The third kappa shape index (κ3) is 3.22. The maximum absolute atomic E-state index is 12.7. The molecule has 0 bridgehead atoms. The SMILES string of the molecule is Cc1cnc(C(=O)N2CCC[C@@H](c3nnsc3-c3cc(C)no3)C2)cn1. The number of likely N-dealkylation sites (tertiary alicyclic amines) is 1. The Bertz CT molecular complexity index is 919. The summed E-state index contributed by atoms with van der Waals surface area (Å²) in [4.78, 5) is 23.8. The van der Waals surface area contributed by atoms with Crippen molar-refractivity contribution in [2.45, 2.75) is 32.6 Å². The zero-order chi connectivity index (χ0) is 18.1. The van der Waals surface area contributed by atoms with Gasteiger partial charge in [0.05, 0.1) is 23.3 Å². The Morgan fingerprint density at radius 1 is 1.27 bits per heavy atom. The minimum atomic E-state index is -0.0950. The number of aromatic nitrogens is 5. The summed E-state index contributed by atoms with van der Waals surface area (Å²) in [6.45, 7) is 5.02. The minimum Gasteiger partial charge on any atom is -0.355 e. The second-order valence-electron chi connectivity index (χ2n) is 6.45. The number of aryl methyl sites for hydroxylation is 2. The first kappa shape index (κ1) is 16.8. The molecule has 8 nitrogen and oxygen atoms in total. The Morgan fingerprint density at radius 2 is 2.15 bits per heavy atom. The van der Waals surface area contributed by atoms with Crippen molar-refractivity contribution in [1.82, 2.24) is 29.6 Å². The zero-order valence-electron chi connectivity index (χ0n) is 14.5. The first-order chi connectivity index (χ1) is 12.6. The molecule has 1 saturated heterocycles. The highest BCUT2D eigenvalue weighted by Gasteiger charge is 2.30. The average Bonchev–Trinajstić information content (AvgIpc) is 3.30. The summed E-state index contributed by atoms with van der Waals surface area (Å²) in [5, 5.41) is 8.26. The van der Waals surface area contributed by atoms with Crippen LogP contribution < -0.4 is 0 Å². The van der Waals surface area contributed by atoms with Crippen molar-refractivity contribution >= 4 is 17.4 Å². The van der Waals surface area contributed by atoms with E-state index in [0.29, 0.717) is 24.5 Å². The van der Waals surface area contributed by atoms with Crippen LogP contribution in [0.1, 0.15) is 46.3 Å². The van der Waals surface area contributed by atoms with Crippen molar-refractivity contribution in [2.24, 2.45) is 0 Å². The molecule has 0 radical (unpaired) electrons. The molecule has 0 N–H and O–H groups in total. The fourth-order valence-corrected chi connectivity index (χ4v) is 3.85. The first-order valence-corrected chi connectivity index (χ1v) is 9.23. The van der Waals surface area contributed by atoms with Gasteiger partial charge in [-0.3, -0.25) is 9.78 Å². The normalized spacial score (nSPS) is 17.5. The largest absolute Gasteiger partial charge is 0.355 e. The topological polar surface area (TPSA) is 97.9 Å². The van der Waals surface area contributed by atoms with Gasteiger partial charge in [0.15, 0.2) is 5.76 Å². The molecule has 9 heteroatoms. The van der Waals surface area contributed by atoms with Crippen molar-refractivity contribution in [3.8, 4) is 10.6 Å². The maximum Gasteiger partial charge on any atom is 0.274 e. The van der Waals surface area contributed by atoms with Gasteiger partial charge in [0, 0.05) is 31.3 Å². The van der Waals surface area contributed by atoms with Crippen molar-refractivity contribution in [2.75, 3.05) is 13.1 Å². The lowest BCUT2D eigenvalue weighted by Gasteiger charge is -2.31. The summed E-state index contributed by atoms with van der Waals surface area (Å²) >= 11 is 1.30. The molecule has 4 rings (SSSR count). The van der Waals surface area contributed by atoms with Crippen molar-refractivity contribution < 1.29 is 9.32 Å². The highest BCUT2D eigenvalue weighted by molar-refractivity contribution is 7.09. The van der Waals surface area contributed by atoms with E-state index in [0.717, 1.165) is 34.8 Å². The van der Waals surface area contributed by atoms with Crippen LogP contribution in [0.5, 0.6) is 0 Å². The number of piperidine rings is 1. The first-order valence-electron chi connectivity index (χ1n) is 8.45. The molecule has 0 saturated carbocycles. The van der Waals surface area contributed by atoms with Gasteiger partial charge in [-0.05, 0) is 38.2 Å². The molecule has 4 heterocycles. The van der Waals surface area contributed by atoms with Crippen molar-refractivity contribution in [3.63, 3.8) is 0 Å². The molecule has 0 aliphatic carbocycles. The van der Waals surface area contributed by atoms with Gasteiger partial charge in [0.25, 0.3) is 5.91 Å². The van der Waals surface area contributed by atoms with E-state index in [-0.39, 0.29) is 11.8 Å². The molecular formula is C17H18N6O2S. The lowest BCUT2D eigenvalue weighted by Crippen LogP contribution is -2.39. The Balaban J connectivity index is 1.55. The van der Waals surface area contributed by atoms with Gasteiger partial charge in [-0.15, -0.1) is 5.10 Å². The number of rotatable bonds is 3. The number of carbonyl (C=O) groups excluding carboxylic acids is 1. The van der Waals surface area contributed by atoms with Gasteiger partial charge in [-0.2, -0.15) is 0 Å². The summed E-state index contributed by atoms with van der Waals surface area (Å²) in [6, 6.07) is 1.88. The quantitative estimate of drug-likeness (QED) is 0.699. The van der Waals surface area contributed by atoms with Crippen molar-refractivity contribution in [3.05, 3.63) is 41.2 Å². The molecule has 26 heavy (non-hydrogen) atoms. The van der Waals surface area contributed by atoms with Crippen LogP contribution in [0.15, 0.2) is 23.0 Å². The fourth-order valence-electron chi connectivity index (χ4n) is 3.16. The maximum atomic E-state index is 12.7. The van der Waals surface area contributed by atoms with E-state index in [1.807, 2.05) is 24.8 Å². The lowest BCUT2D eigenvalue weighted by atomic mass is 9.93. The fraction of sp³-hybridized carbons (Fsp3) is 0.412. The molecule has 0 aromatic carbocycles. The van der Waals surface area contributed by atoms with Crippen LogP contribution in [0.4, 0.5) is 0 Å². The number of nitrogens with zero attached hydrogens (tertiary/aromatic N) is 6. The van der Waals surface area contributed by atoms with Crippen molar-refractivity contribution in [1.29, 1.82) is 0 Å². The highest BCUT2D eigenvalue weighted by atomic mass is 32.1. The summed E-state index contributed by atoms with van der Waals surface area (Å²) in [6.07, 6.45) is 5.01. The number of hydrogen-bond donors (Lipinski definition) is 0. The molecule has 134 valence electrons. The zero-order valence-corrected chi connectivity index (χ0v) is 15.4. The van der Waals surface area contributed by atoms with E-state index in [9.17, 15) is 4.79 Å². The van der Waals surface area contributed by atoms with Crippen LogP contribution >= 0.6 is 11.5 Å². The van der Waals surface area contributed by atoms with Gasteiger partial charge in [-0.1, -0.05) is 9.64 Å². The highest BCUT2D eigenvalue weighted by Crippen LogP contribution is 2.35. The van der Waals surface area contributed by atoms with Gasteiger partial charge < -0.3 is 9.42 Å². The lowest BCUT2D eigenvalue weighted by molar-refractivity contribution is 0.0699. The summed E-state index contributed by atoms with van der Waals surface area (Å²) < 4.78 is 9.48. The molecule has 1 aliphatic heterocycles. The number of carbonyl (C=O) groups is 1. The molecule has 0 unspecified atom stereocenters. The van der Waals surface area contributed by atoms with Crippen LogP contribution in [-0.4, -0.2) is 48.6 Å². The van der Waals surface area contributed by atoms with Gasteiger partial charge in [-0.25, -0.2) is 4.98 Å². The molecular weight excluding hydrogens is 352 g/mol. The monoisotopic (exact) mass is 370 g/mol. The minimum absolute atomic E-state index is 0.0950. The number of hydrogen-bond acceptors (Lipinski definition) is 8. The standard InChI is InChI=1S/C17H18N6O2S/c1-10-6-14(25-21-10)16-15(20-22-26-16)12-4-3-5-23(9-12)17(24)13-8-18-11(2)7-19-13/h6-8,12H,3-5,9H2,1-2H3/t12-/m1/s1. The smallest absolute Gasteiger partial charge is 0.274 e. The van der Waals surface area contributed by atoms with E-state index < -0.39 is 0 Å². The van der Waals surface area contributed by atoms with Gasteiger partial charge in [0.1, 0.15) is 10.6 Å². The second kappa shape index (κ2) is 6.91. The Hall–Kier alpha value is -2.68. The molecule has 0 spiro atoms. The summed E-state index contributed by atoms with van der Waals surface area (Å²) in [7, 11) is 0. The Labute approximate surface area is 154 Å². The van der Waals surface area contributed by atoms with Crippen LogP contribution in [0.2, 0.25) is 0 Å². The Morgan fingerprint density at radius 3 is 2.88 bits per heavy atom. The third-order valence-electron chi connectivity index (χ3n) is 4.46. The van der Waals surface area contributed by atoms with Crippen LogP contribution in [0.25, 0.3) is 10.6 Å². The predicted molar refractivity (Wildman–Crippen MR) is 94.8 cm³/mol. The van der Waals surface area contributed by atoms with Crippen LogP contribution in [0, 0.1) is 13.8 Å². The third-order valence-corrected chi connectivity index (χ3v) is 5.22. The van der Waals surface area contributed by atoms with Gasteiger partial charge >= 0.3 is 0 Å². The van der Waals surface area contributed by atoms with Gasteiger partial charge in [0.2, 0.25) is 0 Å².